The topological polar surface area (TPSA) is 41.1 Å². The first-order chi connectivity index (χ1) is 7.24. The van der Waals surface area contributed by atoms with Crippen LogP contribution in [0.1, 0.15) is 25.3 Å². The number of hydrogen-bond acceptors (Lipinski definition) is 3. The Kier molecular flexibility index (Phi) is 5.36. The molecule has 0 saturated heterocycles. The largest absolute Gasteiger partial charge is 0.325 e. The SMILES string of the molecule is CCCNCCC(=O)Nc1cscc1C. The summed E-state index contributed by atoms with van der Waals surface area (Å²) in [5.41, 5.74) is 2.08. The second-order valence-corrected chi connectivity index (χ2v) is 4.26. The molecule has 0 radical (unpaired) electrons. The number of nitrogens with one attached hydrogen (secondary N) is 2. The van der Waals surface area contributed by atoms with E-state index in [1.807, 2.05) is 17.7 Å². The van der Waals surface area contributed by atoms with Gasteiger partial charge in [-0.2, -0.15) is 0 Å². The van der Waals surface area contributed by atoms with Crippen LogP contribution in [0.2, 0.25) is 0 Å². The Morgan fingerprint density at radius 3 is 2.80 bits per heavy atom. The van der Waals surface area contributed by atoms with Crippen LogP contribution in [0.3, 0.4) is 0 Å². The van der Waals surface area contributed by atoms with Crippen molar-refractivity contribution in [2.75, 3.05) is 18.4 Å². The van der Waals surface area contributed by atoms with Gasteiger partial charge in [0.2, 0.25) is 5.91 Å². The van der Waals surface area contributed by atoms with Crippen molar-refractivity contribution in [2.24, 2.45) is 0 Å². The van der Waals surface area contributed by atoms with E-state index in [2.05, 4.69) is 17.6 Å². The third-order valence-corrected chi connectivity index (χ3v) is 2.95. The average Bonchev–Trinajstić information content (AvgIpc) is 2.59. The number of aryl methyl sites for hydroxylation is 1. The minimum absolute atomic E-state index is 0.0834. The summed E-state index contributed by atoms with van der Waals surface area (Å²) in [6.45, 7) is 5.84. The van der Waals surface area contributed by atoms with E-state index >= 15 is 0 Å². The standard InChI is InChI=1S/C11H18N2OS/c1-3-5-12-6-4-11(14)13-10-8-15-7-9(10)2/h7-8,12H,3-6H2,1-2H3,(H,13,14). The van der Waals surface area contributed by atoms with E-state index in [0.29, 0.717) is 6.42 Å². The third-order valence-electron chi connectivity index (χ3n) is 2.09. The van der Waals surface area contributed by atoms with Crippen molar-refractivity contribution in [1.29, 1.82) is 0 Å². The van der Waals surface area contributed by atoms with E-state index in [0.717, 1.165) is 30.8 Å². The molecule has 1 amide bonds. The molecule has 0 aliphatic carbocycles. The zero-order valence-corrected chi connectivity index (χ0v) is 10.1. The number of thiophene rings is 1. The van der Waals surface area contributed by atoms with Crippen molar-refractivity contribution in [3.63, 3.8) is 0 Å². The summed E-state index contributed by atoms with van der Waals surface area (Å²) in [6.07, 6.45) is 1.64. The highest BCUT2D eigenvalue weighted by Crippen LogP contribution is 2.19. The highest BCUT2D eigenvalue weighted by atomic mass is 32.1. The van der Waals surface area contributed by atoms with Crippen molar-refractivity contribution in [1.82, 2.24) is 5.32 Å². The van der Waals surface area contributed by atoms with Gasteiger partial charge in [-0.1, -0.05) is 6.92 Å². The molecule has 0 bridgehead atoms. The number of carbonyl (C=O) groups is 1. The van der Waals surface area contributed by atoms with Gasteiger partial charge in [0.05, 0.1) is 5.69 Å². The summed E-state index contributed by atoms with van der Waals surface area (Å²) in [4.78, 5) is 11.5. The van der Waals surface area contributed by atoms with Crippen LogP contribution in [0.15, 0.2) is 10.8 Å². The number of rotatable bonds is 6. The van der Waals surface area contributed by atoms with Gasteiger partial charge in [0, 0.05) is 18.3 Å². The first-order valence-corrected chi connectivity index (χ1v) is 6.21. The predicted octanol–water partition coefficient (Wildman–Crippen LogP) is 2.38. The van der Waals surface area contributed by atoms with Gasteiger partial charge in [0.1, 0.15) is 0 Å². The molecule has 1 aromatic rings. The van der Waals surface area contributed by atoms with Crippen molar-refractivity contribution >= 4 is 22.9 Å². The molecular weight excluding hydrogens is 208 g/mol. The normalized spacial score (nSPS) is 10.3. The summed E-state index contributed by atoms with van der Waals surface area (Å²) >= 11 is 1.61. The first kappa shape index (κ1) is 12.2. The van der Waals surface area contributed by atoms with Gasteiger partial charge in [-0.05, 0) is 30.8 Å². The highest BCUT2D eigenvalue weighted by Gasteiger charge is 2.04. The molecule has 0 aromatic carbocycles. The lowest BCUT2D eigenvalue weighted by Gasteiger charge is -2.05. The molecule has 1 rings (SSSR count). The Hall–Kier alpha value is -0.870. The number of anilines is 1. The molecule has 1 aromatic heterocycles. The fourth-order valence-electron chi connectivity index (χ4n) is 1.21. The number of amides is 1. The Morgan fingerprint density at radius 1 is 1.40 bits per heavy atom. The van der Waals surface area contributed by atoms with Gasteiger partial charge in [0.25, 0.3) is 0 Å². The fourth-order valence-corrected chi connectivity index (χ4v) is 1.99. The van der Waals surface area contributed by atoms with Crippen molar-refractivity contribution in [2.45, 2.75) is 26.7 Å². The molecule has 0 aliphatic heterocycles. The molecule has 3 nitrogen and oxygen atoms in total. The lowest BCUT2D eigenvalue weighted by molar-refractivity contribution is -0.116. The maximum absolute atomic E-state index is 11.5. The molecule has 0 atom stereocenters. The molecule has 0 spiro atoms. The van der Waals surface area contributed by atoms with Gasteiger partial charge in [0.15, 0.2) is 0 Å². The van der Waals surface area contributed by atoms with Crippen LogP contribution < -0.4 is 10.6 Å². The molecule has 0 fully saturated rings. The quantitative estimate of drug-likeness (QED) is 0.731. The van der Waals surface area contributed by atoms with Gasteiger partial charge in [-0.15, -0.1) is 11.3 Å². The molecule has 84 valence electrons. The minimum Gasteiger partial charge on any atom is -0.325 e. The van der Waals surface area contributed by atoms with Crippen LogP contribution in [-0.4, -0.2) is 19.0 Å². The van der Waals surface area contributed by atoms with Gasteiger partial charge in [-0.3, -0.25) is 4.79 Å². The van der Waals surface area contributed by atoms with E-state index < -0.39 is 0 Å². The van der Waals surface area contributed by atoms with E-state index in [4.69, 9.17) is 0 Å². The molecule has 1 heterocycles. The molecule has 4 heteroatoms. The minimum atomic E-state index is 0.0834. The van der Waals surface area contributed by atoms with Crippen molar-refractivity contribution in [3.8, 4) is 0 Å². The van der Waals surface area contributed by atoms with Crippen molar-refractivity contribution in [3.05, 3.63) is 16.3 Å². The Morgan fingerprint density at radius 2 is 2.20 bits per heavy atom. The molecule has 15 heavy (non-hydrogen) atoms. The second kappa shape index (κ2) is 6.58. The van der Waals surface area contributed by atoms with Crippen molar-refractivity contribution < 1.29 is 4.79 Å². The van der Waals surface area contributed by atoms with Gasteiger partial charge < -0.3 is 10.6 Å². The second-order valence-electron chi connectivity index (χ2n) is 3.52. The fraction of sp³-hybridized carbons (Fsp3) is 0.545. The molecular formula is C11H18N2OS. The van der Waals surface area contributed by atoms with E-state index in [1.165, 1.54) is 0 Å². The lowest BCUT2D eigenvalue weighted by Crippen LogP contribution is -2.22. The first-order valence-electron chi connectivity index (χ1n) is 5.27. The van der Waals surface area contributed by atoms with Gasteiger partial charge in [-0.25, -0.2) is 0 Å². The van der Waals surface area contributed by atoms with Crippen LogP contribution in [-0.2, 0) is 4.79 Å². The summed E-state index contributed by atoms with van der Waals surface area (Å²) in [7, 11) is 0. The Bertz CT molecular complexity index is 309. The van der Waals surface area contributed by atoms with E-state index in [9.17, 15) is 4.79 Å². The third kappa shape index (κ3) is 4.44. The molecule has 2 N–H and O–H groups in total. The van der Waals surface area contributed by atoms with E-state index in [1.54, 1.807) is 11.3 Å². The summed E-state index contributed by atoms with van der Waals surface area (Å²) in [6, 6.07) is 0. The van der Waals surface area contributed by atoms with Crippen LogP contribution in [0.4, 0.5) is 5.69 Å². The van der Waals surface area contributed by atoms with E-state index in [-0.39, 0.29) is 5.91 Å². The molecule has 0 aliphatic rings. The maximum Gasteiger partial charge on any atom is 0.225 e. The highest BCUT2D eigenvalue weighted by molar-refractivity contribution is 7.08. The zero-order chi connectivity index (χ0) is 11.1. The maximum atomic E-state index is 11.5. The number of hydrogen-bond donors (Lipinski definition) is 2. The molecule has 0 saturated carbocycles. The number of carbonyl (C=O) groups excluding carboxylic acids is 1. The lowest BCUT2D eigenvalue weighted by atomic mass is 10.3. The summed E-state index contributed by atoms with van der Waals surface area (Å²) < 4.78 is 0. The monoisotopic (exact) mass is 226 g/mol. The molecule has 0 unspecified atom stereocenters. The summed E-state index contributed by atoms with van der Waals surface area (Å²) in [5.74, 6) is 0.0834. The smallest absolute Gasteiger partial charge is 0.225 e. The van der Waals surface area contributed by atoms with Crippen LogP contribution in [0.5, 0.6) is 0 Å². The predicted molar refractivity (Wildman–Crippen MR) is 65.5 cm³/mol. The van der Waals surface area contributed by atoms with Crippen LogP contribution in [0, 0.1) is 6.92 Å². The van der Waals surface area contributed by atoms with Gasteiger partial charge >= 0.3 is 0 Å². The zero-order valence-electron chi connectivity index (χ0n) is 9.30. The average molecular weight is 226 g/mol. The Balaban J connectivity index is 2.22. The van der Waals surface area contributed by atoms with Crippen LogP contribution in [0.25, 0.3) is 0 Å². The summed E-state index contributed by atoms with van der Waals surface area (Å²) in [5, 5.41) is 10.1. The van der Waals surface area contributed by atoms with Crippen LogP contribution >= 0.6 is 11.3 Å². The Labute approximate surface area is 94.9 Å².